The lowest BCUT2D eigenvalue weighted by Crippen LogP contribution is -2.25. The zero-order valence-electron chi connectivity index (χ0n) is 12.3. The molecule has 10 heteroatoms. The minimum atomic E-state index is -3.79. The van der Waals surface area contributed by atoms with E-state index in [0.29, 0.717) is 0 Å². The Morgan fingerprint density at radius 2 is 2.00 bits per heavy atom. The highest BCUT2D eigenvalue weighted by Crippen LogP contribution is 2.23. The smallest absolute Gasteiger partial charge is 0.291 e. The predicted molar refractivity (Wildman–Crippen MR) is 83.1 cm³/mol. The Balaban J connectivity index is 1.74. The van der Waals surface area contributed by atoms with E-state index in [1.54, 1.807) is 0 Å². The number of carbonyl (C=O) groups excluding carboxylic acids is 1. The second-order valence-electron chi connectivity index (χ2n) is 5.28. The summed E-state index contributed by atoms with van der Waals surface area (Å²) >= 11 is 0. The van der Waals surface area contributed by atoms with Crippen molar-refractivity contribution >= 4 is 27.3 Å². The molecule has 0 bridgehead atoms. The van der Waals surface area contributed by atoms with E-state index in [1.807, 2.05) is 0 Å². The molecule has 9 nitrogen and oxygen atoms in total. The molecule has 2 aromatic rings. The molecule has 0 radical (unpaired) electrons. The molecule has 1 aromatic heterocycles. The van der Waals surface area contributed by atoms with Crippen molar-refractivity contribution in [2.45, 2.75) is 24.0 Å². The molecule has 1 aromatic carbocycles. The molecule has 0 unspecified atom stereocenters. The summed E-state index contributed by atoms with van der Waals surface area (Å²) in [6.07, 6.45) is 1.56. The van der Waals surface area contributed by atoms with Crippen LogP contribution in [0.1, 0.15) is 23.4 Å². The summed E-state index contributed by atoms with van der Waals surface area (Å²) in [4.78, 5) is 22.2. The number of sulfonamides is 1. The number of nitrogens with one attached hydrogen (secondary N) is 2. The summed E-state index contributed by atoms with van der Waals surface area (Å²) in [6.45, 7) is 0. The summed E-state index contributed by atoms with van der Waals surface area (Å²) in [7, 11) is -3.79. The Bertz CT molecular complexity index is 901. The monoisotopic (exact) mass is 351 g/mol. The van der Waals surface area contributed by atoms with Crippen molar-refractivity contribution < 1.29 is 22.6 Å². The van der Waals surface area contributed by atoms with Gasteiger partial charge in [-0.05, 0) is 31.0 Å². The third kappa shape index (κ3) is 3.60. The second-order valence-corrected chi connectivity index (χ2v) is 6.92. The average molecular weight is 351 g/mol. The Morgan fingerprint density at radius 1 is 1.25 bits per heavy atom. The van der Waals surface area contributed by atoms with Crippen LogP contribution in [0.25, 0.3) is 0 Å². The number of nitro benzene ring substituents is 1. The van der Waals surface area contributed by atoms with E-state index in [4.69, 9.17) is 4.42 Å². The number of nitro groups is 1. The lowest BCUT2D eigenvalue weighted by atomic mass is 10.2. The van der Waals surface area contributed by atoms with Crippen LogP contribution in [0.5, 0.6) is 0 Å². The number of hydrogen-bond donors (Lipinski definition) is 2. The van der Waals surface area contributed by atoms with E-state index in [-0.39, 0.29) is 28.3 Å². The molecule has 0 atom stereocenters. The van der Waals surface area contributed by atoms with Crippen LogP contribution < -0.4 is 10.0 Å². The molecular weight excluding hydrogens is 338 g/mol. The van der Waals surface area contributed by atoms with Crippen LogP contribution in [0.15, 0.2) is 45.9 Å². The quantitative estimate of drug-likeness (QED) is 0.603. The van der Waals surface area contributed by atoms with Gasteiger partial charge in [0.25, 0.3) is 21.6 Å². The zero-order valence-corrected chi connectivity index (χ0v) is 13.1. The van der Waals surface area contributed by atoms with Crippen LogP contribution in [-0.4, -0.2) is 25.3 Å². The molecule has 1 amide bonds. The van der Waals surface area contributed by atoms with E-state index < -0.39 is 20.9 Å². The van der Waals surface area contributed by atoms with Crippen molar-refractivity contribution in [3.05, 3.63) is 52.3 Å². The molecule has 24 heavy (non-hydrogen) atoms. The number of nitrogens with zero attached hydrogens (tertiary/aromatic N) is 1. The number of carbonyl (C=O) groups is 1. The fourth-order valence-electron chi connectivity index (χ4n) is 1.96. The third-order valence-corrected chi connectivity index (χ3v) is 4.68. The first-order chi connectivity index (χ1) is 11.3. The molecule has 1 aliphatic carbocycles. The Labute approximate surface area is 136 Å². The predicted octanol–water partition coefficient (Wildman–Crippen LogP) is 1.88. The second kappa shape index (κ2) is 6.06. The molecule has 1 heterocycles. The average Bonchev–Trinajstić information content (AvgIpc) is 3.17. The maximum absolute atomic E-state index is 12.1. The summed E-state index contributed by atoms with van der Waals surface area (Å²) in [5.74, 6) is -0.916. The van der Waals surface area contributed by atoms with Gasteiger partial charge in [0, 0.05) is 23.9 Å². The van der Waals surface area contributed by atoms with Gasteiger partial charge >= 0.3 is 0 Å². The van der Waals surface area contributed by atoms with Gasteiger partial charge in [0.2, 0.25) is 5.09 Å². The van der Waals surface area contributed by atoms with Gasteiger partial charge in [-0.1, -0.05) is 6.07 Å². The van der Waals surface area contributed by atoms with Gasteiger partial charge in [-0.2, -0.15) is 0 Å². The van der Waals surface area contributed by atoms with E-state index in [0.717, 1.165) is 12.8 Å². The van der Waals surface area contributed by atoms with Crippen LogP contribution in [0.3, 0.4) is 0 Å². The Kier molecular flexibility index (Phi) is 4.08. The molecular formula is C14H13N3O6S. The van der Waals surface area contributed by atoms with Crippen molar-refractivity contribution in [1.29, 1.82) is 0 Å². The van der Waals surface area contributed by atoms with Crippen molar-refractivity contribution in [1.82, 2.24) is 4.72 Å². The number of rotatable bonds is 6. The SMILES string of the molecule is O=C(Nc1cccc([N+](=O)[O-])c1)c1ccc(S(=O)(=O)NC2CC2)o1. The first kappa shape index (κ1) is 16.1. The highest BCUT2D eigenvalue weighted by molar-refractivity contribution is 7.89. The lowest BCUT2D eigenvalue weighted by molar-refractivity contribution is -0.384. The number of amides is 1. The number of non-ortho nitro benzene ring substituents is 1. The van der Waals surface area contributed by atoms with Gasteiger partial charge in [-0.15, -0.1) is 0 Å². The Morgan fingerprint density at radius 3 is 2.67 bits per heavy atom. The van der Waals surface area contributed by atoms with Crippen molar-refractivity contribution in [3.63, 3.8) is 0 Å². The molecule has 1 saturated carbocycles. The molecule has 0 spiro atoms. The van der Waals surface area contributed by atoms with Crippen LogP contribution in [0.2, 0.25) is 0 Å². The normalized spacial score (nSPS) is 14.3. The summed E-state index contributed by atoms with van der Waals surface area (Å²) in [6, 6.07) is 7.71. The lowest BCUT2D eigenvalue weighted by Gasteiger charge is -2.03. The molecule has 2 N–H and O–H groups in total. The largest absolute Gasteiger partial charge is 0.438 e. The van der Waals surface area contributed by atoms with Crippen molar-refractivity contribution in [2.75, 3.05) is 5.32 Å². The third-order valence-electron chi connectivity index (χ3n) is 3.28. The van der Waals surface area contributed by atoms with Crippen LogP contribution in [0, 0.1) is 10.1 Å². The molecule has 0 aliphatic heterocycles. The molecule has 1 fully saturated rings. The summed E-state index contributed by atoms with van der Waals surface area (Å²) in [5, 5.41) is 12.8. The molecule has 1 aliphatic rings. The van der Waals surface area contributed by atoms with E-state index >= 15 is 0 Å². The van der Waals surface area contributed by atoms with Gasteiger partial charge in [0.15, 0.2) is 5.76 Å². The standard InChI is InChI=1S/C14H13N3O6S/c18-14(15-10-2-1-3-11(8-10)17(19)20)12-6-7-13(23-12)24(21,22)16-9-4-5-9/h1-3,6-9,16H,4-5H2,(H,15,18). The van der Waals surface area contributed by atoms with Crippen molar-refractivity contribution in [3.8, 4) is 0 Å². The molecule has 0 saturated heterocycles. The maximum Gasteiger partial charge on any atom is 0.291 e. The molecule has 3 rings (SSSR count). The summed E-state index contributed by atoms with van der Waals surface area (Å²) in [5.41, 5.74) is 0.0234. The maximum atomic E-state index is 12.1. The highest BCUT2D eigenvalue weighted by Gasteiger charge is 2.30. The van der Waals surface area contributed by atoms with E-state index in [2.05, 4.69) is 10.0 Å². The first-order valence-electron chi connectivity index (χ1n) is 7.03. The van der Waals surface area contributed by atoms with Gasteiger partial charge < -0.3 is 9.73 Å². The topological polar surface area (TPSA) is 132 Å². The number of benzene rings is 1. The van der Waals surface area contributed by atoms with Gasteiger partial charge in [0.1, 0.15) is 0 Å². The summed E-state index contributed by atoms with van der Waals surface area (Å²) < 4.78 is 31.5. The van der Waals surface area contributed by atoms with E-state index in [1.165, 1.54) is 36.4 Å². The number of furan rings is 1. The number of anilines is 1. The fraction of sp³-hybridized carbons (Fsp3) is 0.214. The van der Waals surface area contributed by atoms with Crippen LogP contribution >= 0.6 is 0 Å². The first-order valence-corrected chi connectivity index (χ1v) is 8.51. The van der Waals surface area contributed by atoms with Crippen LogP contribution in [0.4, 0.5) is 11.4 Å². The highest BCUT2D eigenvalue weighted by atomic mass is 32.2. The van der Waals surface area contributed by atoms with Gasteiger partial charge in [-0.25, -0.2) is 13.1 Å². The zero-order chi connectivity index (χ0) is 17.3. The minimum absolute atomic E-state index is 0.0813. The van der Waals surface area contributed by atoms with E-state index in [9.17, 15) is 23.3 Å². The minimum Gasteiger partial charge on any atom is -0.438 e. The Hall–Kier alpha value is -2.72. The van der Waals surface area contributed by atoms with Crippen LogP contribution in [-0.2, 0) is 10.0 Å². The molecule has 126 valence electrons. The fourth-order valence-corrected chi connectivity index (χ4v) is 3.19. The van der Waals surface area contributed by atoms with Crippen molar-refractivity contribution in [2.24, 2.45) is 0 Å². The number of hydrogen-bond acceptors (Lipinski definition) is 6. The van der Waals surface area contributed by atoms with Gasteiger partial charge in [-0.3, -0.25) is 14.9 Å². The van der Waals surface area contributed by atoms with Gasteiger partial charge in [0.05, 0.1) is 4.92 Å².